The summed E-state index contributed by atoms with van der Waals surface area (Å²) in [6.07, 6.45) is 6.76. The van der Waals surface area contributed by atoms with Gasteiger partial charge in [-0.1, -0.05) is 12.1 Å². The molecule has 1 aliphatic rings. The number of thiophene rings is 1. The van der Waals surface area contributed by atoms with E-state index in [0.717, 1.165) is 39.9 Å². The molecule has 0 amide bonds. The van der Waals surface area contributed by atoms with Gasteiger partial charge >= 0.3 is 0 Å². The Morgan fingerprint density at radius 3 is 3.04 bits per heavy atom. The van der Waals surface area contributed by atoms with Crippen molar-refractivity contribution < 1.29 is 4.92 Å². The third-order valence-corrected chi connectivity index (χ3v) is 6.34. The summed E-state index contributed by atoms with van der Waals surface area (Å²) >= 11 is 3.04. The molecular formula is C18H15N3O3S2. The normalized spacial score (nSPS) is 14.0. The Hall–Kier alpha value is -2.45. The molecule has 0 saturated carbocycles. The fraction of sp³-hybridized carbons (Fsp3) is 0.222. The number of benzene rings is 1. The molecule has 0 unspecified atom stereocenters. The highest BCUT2D eigenvalue weighted by Gasteiger charge is 2.21. The van der Waals surface area contributed by atoms with Crippen LogP contribution in [-0.4, -0.2) is 21.1 Å². The number of thioether (sulfide) groups is 1. The van der Waals surface area contributed by atoms with E-state index in [1.54, 1.807) is 23.5 Å². The first-order valence-electron chi connectivity index (χ1n) is 8.12. The van der Waals surface area contributed by atoms with Gasteiger partial charge in [0.25, 0.3) is 11.2 Å². The average molecular weight is 385 g/mol. The van der Waals surface area contributed by atoms with Gasteiger partial charge < -0.3 is 4.98 Å². The maximum Gasteiger partial charge on any atom is 0.270 e. The molecule has 0 saturated heterocycles. The zero-order chi connectivity index (χ0) is 18.3. The van der Waals surface area contributed by atoms with Crippen LogP contribution in [0.5, 0.6) is 0 Å². The second kappa shape index (κ2) is 6.69. The number of hydrogen-bond donors (Lipinski definition) is 1. The number of nitro groups is 1. The van der Waals surface area contributed by atoms with Gasteiger partial charge in [0.15, 0.2) is 0 Å². The Morgan fingerprint density at radius 2 is 2.27 bits per heavy atom. The molecule has 1 N–H and O–H groups in total. The zero-order valence-electron chi connectivity index (χ0n) is 13.9. The van der Waals surface area contributed by atoms with Crippen LogP contribution in [-0.2, 0) is 12.8 Å². The molecule has 0 radical (unpaired) electrons. The van der Waals surface area contributed by atoms with Crippen LogP contribution >= 0.6 is 23.1 Å². The number of nitrogens with zero attached hydrogens (tertiary/aromatic N) is 2. The molecule has 0 spiro atoms. The van der Waals surface area contributed by atoms with Gasteiger partial charge in [-0.15, -0.1) is 23.1 Å². The van der Waals surface area contributed by atoms with Gasteiger partial charge in [-0.05, 0) is 42.7 Å². The van der Waals surface area contributed by atoms with E-state index in [4.69, 9.17) is 0 Å². The molecule has 6 nitrogen and oxygen atoms in total. The number of nitro benzene ring substituents is 1. The van der Waals surface area contributed by atoms with Gasteiger partial charge in [-0.25, -0.2) is 4.98 Å². The summed E-state index contributed by atoms with van der Waals surface area (Å²) in [6.45, 7) is 0. The van der Waals surface area contributed by atoms with Crippen LogP contribution in [0.15, 0.2) is 29.1 Å². The average Bonchev–Trinajstić information content (AvgIpc) is 3.20. The molecule has 0 bridgehead atoms. The van der Waals surface area contributed by atoms with E-state index < -0.39 is 4.92 Å². The summed E-state index contributed by atoms with van der Waals surface area (Å²) in [5.41, 5.74) is 1.77. The van der Waals surface area contributed by atoms with Crippen LogP contribution < -0.4 is 5.56 Å². The van der Waals surface area contributed by atoms with Crippen molar-refractivity contribution in [3.63, 3.8) is 0 Å². The third-order valence-electron chi connectivity index (χ3n) is 4.41. The van der Waals surface area contributed by atoms with Crippen LogP contribution in [0, 0.1) is 10.1 Å². The van der Waals surface area contributed by atoms with Gasteiger partial charge in [0.2, 0.25) is 0 Å². The summed E-state index contributed by atoms with van der Waals surface area (Å²) in [6, 6.07) is 6.40. The first-order valence-corrected chi connectivity index (χ1v) is 10.2. The molecule has 132 valence electrons. The molecule has 26 heavy (non-hydrogen) atoms. The summed E-state index contributed by atoms with van der Waals surface area (Å²) < 4.78 is 0. The smallest absolute Gasteiger partial charge is 0.270 e. The van der Waals surface area contributed by atoms with Crippen molar-refractivity contribution in [2.24, 2.45) is 0 Å². The molecule has 0 fully saturated rings. The van der Waals surface area contributed by atoms with E-state index in [0.29, 0.717) is 11.4 Å². The number of rotatable bonds is 4. The Morgan fingerprint density at radius 1 is 1.42 bits per heavy atom. The number of aromatic nitrogens is 2. The van der Waals surface area contributed by atoms with Crippen molar-refractivity contribution in [1.29, 1.82) is 0 Å². The monoisotopic (exact) mass is 385 g/mol. The number of aryl methyl sites for hydroxylation is 2. The predicted octanol–water partition coefficient (Wildman–Crippen LogP) is 4.24. The fourth-order valence-corrected chi connectivity index (χ4v) is 5.03. The maximum atomic E-state index is 12.6. The number of nitrogens with one attached hydrogen (secondary N) is 1. The van der Waals surface area contributed by atoms with E-state index in [-0.39, 0.29) is 11.2 Å². The Labute approximate surface area is 157 Å². The lowest BCUT2D eigenvalue weighted by molar-refractivity contribution is -0.384. The molecular weight excluding hydrogens is 370 g/mol. The van der Waals surface area contributed by atoms with Crippen LogP contribution in [0.2, 0.25) is 0 Å². The van der Waals surface area contributed by atoms with Crippen molar-refractivity contribution in [2.45, 2.75) is 19.3 Å². The summed E-state index contributed by atoms with van der Waals surface area (Å²) in [4.78, 5) is 33.5. The maximum absolute atomic E-state index is 12.6. The van der Waals surface area contributed by atoms with Crippen molar-refractivity contribution in [3.8, 4) is 0 Å². The van der Waals surface area contributed by atoms with Gasteiger partial charge in [-0.2, -0.15) is 0 Å². The first-order chi connectivity index (χ1) is 12.6. The van der Waals surface area contributed by atoms with E-state index in [2.05, 4.69) is 9.97 Å². The lowest BCUT2D eigenvalue weighted by Gasteiger charge is -2.05. The van der Waals surface area contributed by atoms with Crippen molar-refractivity contribution in [2.75, 3.05) is 6.26 Å². The predicted molar refractivity (Wildman–Crippen MR) is 107 cm³/mol. The Bertz CT molecular complexity index is 1110. The van der Waals surface area contributed by atoms with Gasteiger partial charge in [0, 0.05) is 17.0 Å². The summed E-state index contributed by atoms with van der Waals surface area (Å²) in [5.74, 6) is 0.501. The minimum Gasteiger partial charge on any atom is -0.305 e. The molecule has 4 rings (SSSR count). The third kappa shape index (κ3) is 2.95. The molecule has 1 aromatic carbocycles. The van der Waals surface area contributed by atoms with E-state index in [1.165, 1.54) is 28.8 Å². The molecule has 3 aromatic rings. The van der Waals surface area contributed by atoms with Gasteiger partial charge in [-0.3, -0.25) is 14.9 Å². The number of fused-ring (bicyclic) bond motifs is 3. The minimum atomic E-state index is -0.421. The van der Waals surface area contributed by atoms with Crippen LogP contribution in [0.1, 0.15) is 28.2 Å². The minimum absolute atomic E-state index is 0.0331. The lowest BCUT2D eigenvalue weighted by atomic mass is 10.2. The highest BCUT2D eigenvalue weighted by molar-refractivity contribution is 8.07. The first kappa shape index (κ1) is 17.0. The van der Waals surface area contributed by atoms with E-state index >= 15 is 0 Å². The number of aromatic amines is 1. The topological polar surface area (TPSA) is 88.9 Å². The lowest BCUT2D eigenvalue weighted by Crippen LogP contribution is -2.11. The summed E-state index contributed by atoms with van der Waals surface area (Å²) in [5, 5.41) is 11.7. The molecule has 8 heteroatoms. The van der Waals surface area contributed by atoms with Crippen LogP contribution in [0.4, 0.5) is 5.69 Å². The summed E-state index contributed by atoms with van der Waals surface area (Å²) in [7, 11) is 0. The van der Waals surface area contributed by atoms with Crippen molar-refractivity contribution in [1.82, 2.24) is 9.97 Å². The highest BCUT2D eigenvalue weighted by atomic mass is 32.2. The second-order valence-corrected chi connectivity index (χ2v) is 7.95. The van der Waals surface area contributed by atoms with Gasteiger partial charge in [0.1, 0.15) is 10.7 Å². The van der Waals surface area contributed by atoms with E-state index in [1.807, 2.05) is 12.3 Å². The quantitative estimate of drug-likeness (QED) is 0.536. The van der Waals surface area contributed by atoms with Crippen molar-refractivity contribution in [3.05, 3.63) is 66.6 Å². The SMILES string of the molecule is CS/C(=C\c1cccc([N+](=O)[O-])c1)c1nc2sc3c(c2c(=O)[nH]1)CCC3. The molecule has 0 atom stereocenters. The number of non-ortho nitro benzene ring substituents is 1. The zero-order valence-corrected chi connectivity index (χ0v) is 15.6. The molecule has 2 heterocycles. The van der Waals surface area contributed by atoms with Gasteiger partial charge in [0.05, 0.1) is 15.2 Å². The van der Waals surface area contributed by atoms with Crippen molar-refractivity contribution >= 4 is 50.0 Å². The number of hydrogen-bond acceptors (Lipinski definition) is 6. The second-order valence-electron chi connectivity index (χ2n) is 6.02. The standard InChI is InChI=1S/C18H15N3O3S2/c1-25-14(9-10-4-2-5-11(8-10)21(23)24)16-19-17(22)15-12-6-3-7-13(12)26-18(15)20-16/h2,4-5,8-9H,3,6-7H2,1H3,(H,19,20,22)/b14-9-. The molecule has 2 aromatic heterocycles. The Balaban J connectivity index is 1.81. The van der Waals surface area contributed by atoms with Crippen LogP contribution in [0.25, 0.3) is 21.2 Å². The molecule has 1 aliphatic carbocycles. The largest absolute Gasteiger partial charge is 0.305 e. The van der Waals surface area contributed by atoms with Crippen LogP contribution in [0.3, 0.4) is 0 Å². The highest BCUT2D eigenvalue weighted by Crippen LogP contribution is 2.35. The fourth-order valence-electron chi connectivity index (χ4n) is 3.22. The van der Waals surface area contributed by atoms with E-state index in [9.17, 15) is 14.9 Å². The number of H-pyrrole nitrogens is 1. The Kier molecular flexibility index (Phi) is 4.37. The molecule has 0 aliphatic heterocycles.